The summed E-state index contributed by atoms with van der Waals surface area (Å²) in [6, 6.07) is 8.10. The average molecular weight is 323 g/mol. The fourth-order valence-electron chi connectivity index (χ4n) is 1.61. The zero-order valence-corrected chi connectivity index (χ0v) is 11.7. The second kappa shape index (κ2) is 6.43. The molecule has 1 heterocycles. The Morgan fingerprint density at radius 3 is 2.89 bits per heavy atom. The van der Waals surface area contributed by atoms with Crippen LogP contribution in [-0.2, 0) is 6.42 Å². The number of carbonyl (C=O) groups is 1. The molecule has 1 N–H and O–H groups in total. The van der Waals surface area contributed by atoms with Gasteiger partial charge in [-0.05, 0) is 52.2 Å². The van der Waals surface area contributed by atoms with E-state index >= 15 is 0 Å². The first-order valence-corrected chi connectivity index (χ1v) is 6.58. The molecule has 0 radical (unpaired) electrons. The zero-order chi connectivity index (χ0) is 13.7. The van der Waals surface area contributed by atoms with Crippen molar-refractivity contribution in [1.29, 1.82) is 0 Å². The number of amides is 1. The number of pyridine rings is 1. The van der Waals surface area contributed by atoms with Gasteiger partial charge in [0.2, 0.25) is 0 Å². The van der Waals surface area contributed by atoms with Crippen molar-refractivity contribution in [3.63, 3.8) is 0 Å². The number of rotatable bonds is 4. The Balaban J connectivity index is 1.89. The second-order valence-corrected chi connectivity index (χ2v) is 4.85. The van der Waals surface area contributed by atoms with E-state index in [0.29, 0.717) is 23.0 Å². The Kier molecular flexibility index (Phi) is 4.63. The summed E-state index contributed by atoms with van der Waals surface area (Å²) in [5, 5.41) is 2.75. The Bertz CT molecular complexity index is 575. The topological polar surface area (TPSA) is 42.0 Å². The fraction of sp³-hybridized carbons (Fsp3) is 0.143. The highest BCUT2D eigenvalue weighted by Gasteiger charge is 2.08. The number of benzene rings is 1. The summed E-state index contributed by atoms with van der Waals surface area (Å²) < 4.78 is 13.6. The van der Waals surface area contributed by atoms with Gasteiger partial charge in [0.15, 0.2) is 0 Å². The molecule has 0 fully saturated rings. The van der Waals surface area contributed by atoms with Crippen molar-refractivity contribution in [2.75, 3.05) is 6.54 Å². The highest BCUT2D eigenvalue weighted by atomic mass is 79.9. The van der Waals surface area contributed by atoms with Crippen molar-refractivity contribution in [3.05, 3.63) is 64.1 Å². The van der Waals surface area contributed by atoms with E-state index in [2.05, 4.69) is 26.2 Å². The molecule has 0 saturated heterocycles. The molecule has 0 aliphatic rings. The molecule has 0 aliphatic heterocycles. The SMILES string of the molecule is O=C(NCCc1cccnc1)c1ccc(Br)c(F)c1. The summed E-state index contributed by atoms with van der Waals surface area (Å²) in [7, 11) is 0. The Morgan fingerprint density at radius 1 is 1.37 bits per heavy atom. The maximum atomic E-state index is 13.3. The van der Waals surface area contributed by atoms with E-state index in [1.54, 1.807) is 18.5 Å². The highest BCUT2D eigenvalue weighted by Crippen LogP contribution is 2.16. The van der Waals surface area contributed by atoms with Crippen molar-refractivity contribution in [2.45, 2.75) is 6.42 Å². The van der Waals surface area contributed by atoms with Crippen LogP contribution in [0.25, 0.3) is 0 Å². The van der Waals surface area contributed by atoms with Crippen molar-refractivity contribution in [3.8, 4) is 0 Å². The smallest absolute Gasteiger partial charge is 0.251 e. The van der Waals surface area contributed by atoms with Gasteiger partial charge in [0.1, 0.15) is 5.82 Å². The minimum atomic E-state index is -0.445. The molecule has 0 atom stereocenters. The summed E-state index contributed by atoms with van der Waals surface area (Å²) in [6.07, 6.45) is 4.15. The number of halogens is 2. The molecule has 1 aromatic heterocycles. The van der Waals surface area contributed by atoms with Gasteiger partial charge in [-0.3, -0.25) is 9.78 Å². The molecule has 0 aliphatic carbocycles. The third-order valence-electron chi connectivity index (χ3n) is 2.60. The molecule has 98 valence electrons. The number of hydrogen-bond acceptors (Lipinski definition) is 2. The largest absolute Gasteiger partial charge is 0.352 e. The summed E-state index contributed by atoms with van der Waals surface area (Å²) >= 11 is 3.05. The van der Waals surface area contributed by atoms with Crippen molar-refractivity contribution in [1.82, 2.24) is 10.3 Å². The average Bonchev–Trinajstić information content (AvgIpc) is 2.43. The van der Waals surface area contributed by atoms with Crippen LogP contribution in [0.2, 0.25) is 0 Å². The molecular formula is C14H12BrFN2O. The zero-order valence-electron chi connectivity index (χ0n) is 10.1. The number of hydrogen-bond donors (Lipinski definition) is 1. The van der Waals surface area contributed by atoms with E-state index in [1.807, 2.05) is 12.1 Å². The van der Waals surface area contributed by atoms with E-state index in [1.165, 1.54) is 12.1 Å². The molecule has 5 heteroatoms. The van der Waals surface area contributed by atoms with Crippen molar-refractivity contribution >= 4 is 21.8 Å². The Hall–Kier alpha value is -1.75. The van der Waals surface area contributed by atoms with Gasteiger partial charge in [0.25, 0.3) is 5.91 Å². The number of nitrogens with one attached hydrogen (secondary N) is 1. The number of nitrogens with zero attached hydrogens (tertiary/aromatic N) is 1. The molecule has 3 nitrogen and oxygen atoms in total. The minimum absolute atomic E-state index is 0.282. The van der Waals surface area contributed by atoms with E-state index in [9.17, 15) is 9.18 Å². The Labute approximate surface area is 119 Å². The third-order valence-corrected chi connectivity index (χ3v) is 3.25. The van der Waals surface area contributed by atoms with Gasteiger partial charge >= 0.3 is 0 Å². The number of aromatic nitrogens is 1. The first-order valence-electron chi connectivity index (χ1n) is 5.79. The molecule has 2 aromatic rings. The second-order valence-electron chi connectivity index (χ2n) is 4.00. The summed E-state index contributed by atoms with van der Waals surface area (Å²) in [4.78, 5) is 15.8. The van der Waals surface area contributed by atoms with Gasteiger partial charge in [-0.1, -0.05) is 6.07 Å². The highest BCUT2D eigenvalue weighted by molar-refractivity contribution is 9.10. The van der Waals surface area contributed by atoms with Crippen LogP contribution in [0.3, 0.4) is 0 Å². The van der Waals surface area contributed by atoms with E-state index in [0.717, 1.165) is 5.56 Å². The molecule has 1 aromatic carbocycles. The van der Waals surface area contributed by atoms with Gasteiger partial charge in [0, 0.05) is 24.5 Å². The van der Waals surface area contributed by atoms with Crippen LogP contribution < -0.4 is 5.32 Å². The van der Waals surface area contributed by atoms with Crippen LogP contribution in [0.4, 0.5) is 4.39 Å². The third kappa shape index (κ3) is 3.86. The van der Waals surface area contributed by atoms with Crippen LogP contribution in [0.15, 0.2) is 47.2 Å². The molecule has 19 heavy (non-hydrogen) atoms. The van der Waals surface area contributed by atoms with Gasteiger partial charge < -0.3 is 5.32 Å². The van der Waals surface area contributed by atoms with Crippen LogP contribution in [0.5, 0.6) is 0 Å². The van der Waals surface area contributed by atoms with E-state index in [-0.39, 0.29) is 5.91 Å². The van der Waals surface area contributed by atoms with Crippen LogP contribution in [0.1, 0.15) is 15.9 Å². The lowest BCUT2D eigenvalue weighted by atomic mass is 10.2. The molecule has 1 amide bonds. The quantitative estimate of drug-likeness (QED) is 0.940. The monoisotopic (exact) mass is 322 g/mol. The van der Waals surface area contributed by atoms with Gasteiger partial charge in [0.05, 0.1) is 4.47 Å². The summed E-state index contributed by atoms with van der Waals surface area (Å²) in [5.74, 6) is -0.727. The fourth-order valence-corrected chi connectivity index (χ4v) is 1.85. The van der Waals surface area contributed by atoms with E-state index in [4.69, 9.17) is 0 Å². The maximum absolute atomic E-state index is 13.3. The number of carbonyl (C=O) groups excluding carboxylic acids is 1. The molecule has 0 unspecified atom stereocenters. The first kappa shape index (κ1) is 13.7. The van der Waals surface area contributed by atoms with Gasteiger partial charge in [-0.25, -0.2) is 4.39 Å². The van der Waals surface area contributed by atoms with Crippen LogP contribution in [0, 0.1) is 5.82 Å². The predicted molar refractivity (Wildman–Crippen MR) is 74.4 cm³/mol. The molecule has 0 saturated carbocycles. The lowest BCUT2D eigenvalue weighted by Crippen LogP contribution is -2.25. The van der Waals surface area contributed by atoms with Crippen molar-refractivity contribution < 1.29 is 9.18 Å². The molecule has 0 bridgehead atoms. The van der Waals surface area contributed by atoms with E-state index < -0.39 is 5.82 Å². The van der Waals surface area contributed by atoms with Gasteiger partial charge in [-0.2, -0.15) is 0 Å². The van der Waals surface area contributed by atoms with Crippen LogP contribution in [-0.4, -0.2) is 17.4 Å². The van der Waals surface area contributed by atoms with Crippen molar-refractivity contribution in [2.24, 2.45) is 0 Å². The lowest BCUT2D eigenvalue weighted by Gasteiger charge is -2.05. The first-order chi connectivity index (χ1) is 9.16. The summed E-state index contributed by atoms with van der Waals surface area (Å²) in [5.41, 5.74) is 1.36. The van der Waals surface area contributed by atoms with Gasteiger partial charge in [-0.15, -0.1) is 0 Å². The standard InChI is InChI=1S/C14H12BrFN2O/c15-12-4-3-11(8-13(12)16)14(19)18-7-5-10-2-1-6-17-9-10/h1-4,6,8-9H,5,7H2,(H,18,19). The molecular weight excluding hydrogens is 311 g/mol. The minimum Gasteiger partial charge on any atom is -0.352 e. The lowest BCUT2D eigenvalue weighted by molar-refractivity contribution is 0.0953. The molecule has 2 rings (SSSR count). The molecule has 0 spiro atoms. The maximum Gasteiger partial charge on any atom is 0.251 e. The normalized spacial score (nSPS) is 10.2. The van der Waals surface area contributed by atoms with Crippen LogP contribution >= 0.6 is 15.9 Å². The summed E-state index contributed by atoms with van der Waals surface area (Å²) in [6.45, 7) is 0.488. The Morgan fingerprint density at radius 2 is 2.21 bits per heavy atom. The predicted octanol–water partition coefficient (Wildman–Crippen LogP) is 2.96.